The Morgan fingerprint density at radius 3 is 3.29 bits per heavy atom. The molecule has 4 N–H and O–H groups in total. The summed E-state index contributed by atoms with van der Waals surface area (Å²) in [6.07, 6.45) is 7.25. The first kappa shape index (κ1) is 9.12. The van der Waals surface area contributed by atoms with Gasteiger partial charge in [-0.05, 0) is 12.8 Å². The smallest absolute Gasteiger partial charge is 0.0632 e. The molecule has 2 rings (SSSR count). The molecule has 2 aliphatic heterocycles. The van der Waals surface area contributed by atoms with Crippen molar-refractivity contribution >= 4 is 6.21 Å². The second kappa shape index (κ2) is 3.74. The molecule has 0 amide bonds. The van der Waals surface area contributed by atoms with Crippen LogP contribution in [0.5, 0.6) is 0 Å². The van der Waals surface area contributed by atoms with E-state index in [1.807, 2.05) is 6.20 Å². The topological polar surface area (TPSA) is 65.1 Å². The quantitative estimate of drug-likeness (QED) is 0.554. The van der Waals surface area contributed by atoms with E-state index in [9.17, 15) is 0 Å². The summed E-state index contributed by atoms with van der Waals surface area (Å²) in [6.45, 7) is 2.10. The van der Waals surface area contributed by atoms with Crippen LogP contribution >= 0.6 is 0 Å². The highest BCUT2D eigenvalue weighted by Gasteiger charge is 2.29. The van der Waals surface area contributed by atoms with E-state index < -0.39 is 0 Å². The zero-order valence-electron chi connectivity index (χ0n) is 8.16. The standard InChI is InChI=1S/C10H16N4/c11-4-8(5-12)10-7-13-6-9-2-1-3-14(9)10/h4-5,7,9,11,13H,1-3,6,12H2/b8-5+,11-4?. The summed E-state index contributed by atoms with van der Waals surface area (Å²) in [5.74, 6) is 0. The lowest BCUT2D eigenvalue weighted by Gasteiger charge is -2.33. The molecule has 0 aromatic heterocycles. The molecule has 0 aromatic rings. The van der Waals surface area contributed by atoms with Crippen LogP contribution in [0.1, 0.15) is 12.8 Å². The van der Waals surface area contributed by atoms with Crippen molar-refractivity contribution in [3.05, 3.63) is 23.7 Å². The largest absolute Gasteiger partial charge is 0.404 e. The molecule has 14 heavy (non-hydrogen) atoms. The normalized spacial score (nSPS) is 26.6. The molecular weight excluding hydrogens is 176 g/mol. The fourth-order valence-corrected chi connectivity index (χ4v) is 2.20. The highest BCUT2D eigenvalue weighted by Crippen LogP contribution is 2.27. The highest BCUT2D eigenvalue weighted by molar-refractivity contribution is 5.81. The van der Waals surface area contributed by atoms with Crippen LogP contribution < -0.4 is 11.1 Å². The van der Waals surface area contributed by atoms with Gasteiger partial charge in [0.2, 0.25) is 0 Å². The molecule has 0 spiro atoms. The average molecular weight is 192 g/mol. The molecule has 4 heteroatoms. The van der Waals surface area contributed by atoms with Crippen LogP contribution in [0.15, 0.2) is 23.7 Å². The second-order valence-corrected chi connectivity index (χ2v) is 3.69. The van der Waals surface area contributed by atoms with E-state index in [1.165, 1.54) is 25.3 Å². The molecule has 1 unspecified atom stereocenters. The minimum absolute atomic E-state index is 0.588. The van der Waals surface area contributed by atoms with Crippen LogP contribution in [0.25, 0.3) is 0 Å². The Labute approximate surface area is 84.0 Å². The van der Waals surface area contributed by atoms with Gasteiger partial charge >= 0.3 is 0 Å². The predicted octanol–water partition coefficient (Wildman–Crippen LogP) is 0.388. The van der Waals surface area contributed by atoms with Crippen molar-refractivity contribution in [2.45, 2.75) is 18.9 Å². The van der Waals surface area contributed by atoms with Gasteiger partial charge in [-0.15, -0.1) is 0 Å². The summed E-state index contributed by atoms with van der Waals surface area (Å²) in [7, 11) is 0. The molecule has 0 saturated carbocycles. The lowest BCUT2D eigenvalue weighted by atomic mass is 10.1. The fourth-order valence-electron chi connectivity index (χ4n) is 2.20. The monoisotopic (exact) mass is 192 g/mol. The molecule has 76 valence electrons. The molecule has 1 fully saturated rings. The first-order valence-corrected chi connectivity index (χ1v) is 4.99. The summed E-state index contributed by atoms with van der Waals surface area (Å²) >= 11 is 0. The summed E-state index contributed by atoms with van der Waals surface area (Å²) < 4.78 is 0. The van der Waals surface area contributed by atoms with E-state index in [0.717, 1.165) is 24.4 Å². The predicted molar refractivity (Wildman–Crippen MR) is 56.9 cm³/mol. The summed E-state index contributed by atoms with van der Waals surface area (Å²) in [5.41, 5.74) is 7.35. The lowest BCUT2D eigenvalue weighted by Crippen LogP contribution is -2.41. The second-order valence-electron chi connectivity index (χ2n) is 3.69. The van der Waals surface area contributed by atoms with E-state index in [-0.39, 0.29) is 0 Å². The average Bonchev–Trinajstić information content (AvgIpc) is 2.68. The Hall–Kier alpha value is -1.45. The lowest BCUT2D eigenvalue weighted by molar-refractivity contribution is 0.304. The van der Waals surface area contributed by atoms with Crippen molar-refractivity contribution in [1.82, 2.24) is 10.2 Å². The molecule has 0 aliphatic carbocycles. The zero-order chi connectivity index (χ0) is 9.97. The molecule has 2 aliphatic rings. The van der Waals surface area contributed by atoms with Gasteiger partial charge in [0.15, 0.2) is 0 Å². The SMILES string of the molecule is N=C/C(=C\N)C1=CNCC2CCCN12. The van der Waals surface area contributed by atoms with Crippen molar-refractivity contribution in [1.29, 1.82) is 5.41 Å². The molecule has 0 aromatic carbocycles. The van der Waals surface area contributed by atoms with Gasteiger partial charge in [0.25, 0.3) is 0 Å². The summed E-state index contributed by atoms with van der Waals surface area (Å²) in [4.78, 5) is 2.35. The van der Waals surface area contributed by atoms with Gasteiger partial charge in [-0.25, -0.2) is 0 Å². The molecule has 0 bridgehead atoms. The van der Waals surface area contributed by atoms with Crippen LogP contribution in [-0.4, -0.2) is 30.2 Å². The Balaban J connectivity index is 2.25. The van der Waals surface area contributed by atoms with Crippen LogP contribution in [0.4, 0.5) is 0 Å². The van der Waals surface area contributed by atoms with Crippen molar-refractivity contribution in [2.75, 3.05) is 13.1 Å². The van der Waals surface area contributed by atoms with Crippen molar-refractivity contribution in [3.63, 3.8) is 0 Å². The Bertz CT molecular complexity index is 292. The fraction of sp³-hybridized carbons (Fsp3) is 0.500. The Morgan fingerprint density at radius 1 is 1.71 bits per heavy atom. The van der Waals surface area contributed by atoms with Crippen LogP contribution in [0, 0.1) is 5.41 Å². The first-order chi connectivity index (χ1) is 6.86. The zero-order valence-corrected chi connectivity index (χ0v) is 8.16. The van der Waals surface area contributed by atoms with E-state index in [4.69, 9.17) is 11.1 Å². The molecule has 4 nitrogen and oxygen atoms in total. The van der Waals surface area contributed by atoms with Crippen molar-refractivity contribution in [2.24, 2.45) is 5.73 Å². The molecule has 1 saturated heterocycles. The number of rotatable bonds is 2. The van der Waals surface area contributed by atoms with Crippen molar-refractivity contribution < 1.29 is 0 Å². The van der Waals surface area contributed by atoms with Gasteiger partial charge in [-0.2, -0.15) is 0 Å². The Kier molecular flexibility index (Phi) is 2.43. The van der Waals surface area contributed by atoms with Crippen LogP contribution in [-0.2, 0) is 0 Å². The van der Waals surface area contributed by atoms with Gasteiger partial charge in [0, 0.05) is 43.3 Å². The van der Waals surface area contributed by atoms with Gasteiger partial charge in [-0.1, -0.05) is 0 Å². The number of hydrogen-bond donors (Lipinski definition) is 3. The van der Waals surface area contributed by atoms with E-state index in [1.54, 1.807) is 0 Å². The summed E-state index contributed by atoms with van der Waals surface area (Å²) in [5, 5.41) is 10.5. The van der Waals surface area contributed by atoms with Gasteiger partial charge < -0.3 is 21.4 Å². The van der Waals surface area contributed by atoms with Gasteiger partial charge in [0.1, 0.15) is 0 Å². The maximum absolute atomic E-state index is 7.28. The van der Waals surface area contributed by atoms with Gasteiger partial charge in [0.05, 0.1) is 5.70 Å². The van der Waals surface area contributed by atoms with E-state index >= 15 is 0 Å². The van der Waals surface area contributed by atoms with Gasteiger partial charge in [-0.3, -0.25) is 0 Å². The number of allylic oxidation sites excluding steroid dienone is 1. The van der Waals surface area contributed by atoms with Crippen LogP contribution in [0.2, 0.25) is 0 Å². The number of fused-ring (bicyclic) bond motifs is 1. The van der Waals surface area contributed by atoms with E-state index in [0.29, 0.717) is 6.04 Å². The number of hydrogen-bond acceptors (Lipinski definition) is 4. The van der Waals surface area contributed by atoms with E-state index in [2.05, 4.69) is 10.2 Å². The maximum Gasteiger partial charge on any atom is 0.0632 e. The molecule has 2 heterocycles. The molecular formula is C10H16N4. The van der Waals surface area contributed by atoms with Crippen molar-refractivity contribution in [3.8, 4) is 0 Å². The number of nitrogens with zero attached hydrogens (tertiary/aromatic N) is 1. The summed E-state index contributed by atoms with van der Waals surface area (Å²) in [6, 6.07) is 0.588. The Morgan fingerprint density at radius 2 is 2.57 bits per heavy atom. The minimum atomic E-state index is 0.588. The third kappa shape index (κ3) is 1.36. The third-order valence-corrected chi connectivity index (χ3v) is 2.91. The maximum atomic E-state index is 7.28. The third-order valence-electron chi connectivity index (χ3n) is 2.91. The number of nitrogens with one attached hydrogen (secondary N) is 2. The number of nitrogens with two attached hydrogens (primary N) is 1. The minimum Gasteiger partial charge on any atom is -0.404 e. The first-order valence-electron chi connectivity index (χ1n) is 4.99. The molecule has 0 radical (unpaired) electrons. The molecule has 1 atom stereocenters. The highest BCUT2D eigenvalue weighted by atomic mass is 15.2. The van der Waals surface area contributed by atoms with Crippen LogP contribution in [0.3, 0.4) is 0 Å².